The standard InChI is InChI=1S/C42H68N10O2S2/c53-41-38-37(39(35-11-9-33-55-35)51(41)29-7-5-27-49-25-3-1-13-43-15-17-45-19-21-47-23-31-49)42(54)52(40(38)36-12-10-34-56-36)30-8-6-28-50-26-4-2-14-44-16-18-46-20-22-48-24-32-50/h9-12,33-34,43-48H,1-8,13-32H2. The Morgan fingerprint density at radius 2 is 0.821 bits per heavy atom. The summed E-state index contributed by atoms with van der Waals surface area (Å²) in [6.07, 6.45) is 8.54. The van der Waals surface area contributed by atoms with Crippen molar-refractivity contribution in [3.8, 4) is 0 Å². The van der Waals surface area contributed by atoms with E-state index < -0.39 is 0 Å². The molecule has 2 aromatic rings. The highest BCUT2D eigenvalue weighted by atomic mass is 32.1. The molecule has 56 heavy (non-hydrogen) atoms. The molecule has 2 aromatic heterocycles. The molecule has 0 aliphatic carbocycles. The molecule has 14 heteroatoms. The van der Waals surface area contributed by atoms with Gasteiger partial charge in [-0.2, -0.15) is 0 Å². The number of nitrogens with one attached hydrogen (secondary N) is 6. The normalized spacial score (nSPS) is 21.8. The van der Waals surface area contributed by atoms with Gasteiger partial charge in [-0.25, -0.2) is 0 Å². The number of hydrogen-bond acceptors (Lipinski definition) is 12. The van der Waals surface area contributed by atoms with E-state index in [1.807, 2.05) is 21.9 Å². The van der Waals surface area contributed by atoms with Crippen molar-refractivity contribution >= 4 is 45.9 Å². The van der Waals surface area contributed by atoms with Gasteiger partial charge in [-0.05, 0) is 114 Å². The van der Waals surface area contributed by atoms with Crippen molar-refractivity contribution in [2.75, 3.05) is 131 Å². The fraction of sp³-hybridized carbons (Fsp3) is 0.667. The van der Waals surface area contributed by atoms with Crippen LogP contribution in [0.15, 0.2) is 46.2 Å². The van der Waals surface area contributed by atoms with Gasteiger partial charge in [0.15, 0.2) is 0 Å². The first-order chi connectivity index (χ1) is 27.7. The minimum absolute atomic E-state index is 0.0192. The van der Waals surface area contributed by atoms with Crippen LogP contribution >= 0.6 is 22.7 Å². The first-order valence-corrected chi connectivity index (χ1v) is 23.4. The zero-order valence-corrected chi connectivity index (χ0v) is 35.3. The molecule has 6 heterocycles. The Balaban J connectivity index is 1.09. The van der Waals surface area contributed by atoms with Gasteiger partial charge in [0.25, 0.3) is 11.8 Å². The molecule has 0 atom stereocenters. The summed E-state index contributed by atoms with van der Waals surface area (Å²) >= 11 is 3.23. The van der Waals surface area contributed by atoms with E-state index in [1.54, 1.807) is 22.7 Å². The van der Waals surface area contributed by atoms with E-state index in [0.29, 0.717) is 24.2 Å². The summed E-state index contributed by atoms with van der Waals surface area (Å²) in [5.74, 6) is -0.0384. The summed E-state index contributed by atoms with van der Waals surface area (Å²) in [7, 11) is 0. The van der Waals surface area contributed by atoms with Crippen molar-refractivity contribution in [1.29, 1.82) is 0 Å². The van der Waals surface area contributed by atoms with E-state index >= 15 is 0 Å². The molecule has 12 nitrogen and oxygen atoms in total. The second-order valence-electron chi connectivity index (χ2n) is 15.3. The van der Waals surface area contributed by atoms with Gasteiger partial charge in [-0.1, -0.05) is 12.1 Å². The number of carbonyl (C=O) groups excluding carboxylic acids is 2. The molecule has 0 radical (unpaired) electrons. The number of hydrogen-bond donors (Lipinski definition) is 6. The van der Waals surface area contributed by atoms with Gasteiger partial charge < -0.3 is 51.5 Å². The fourth-order valence-electron chi connectivity index (χ4n) is 8.15. The first-order valence-electron chi connectivity index (χ1n) is 21.6. The summed E-state index contributed by atoms with van der Waals surface area (Å²) < 4.78 is 0. The number of rotatable bonds is 12. The molecule has 6 rings (SSSR count). The maximum Gasteiger partial charge on any atom is 0.261 e. The van der Waals surface area contributed by atoms with Crippen molar-refractivity contribution in [2.45, 2.75) is 51.4 Å². The lowest BCUT2D eigenvalue weighted by molar-refractivity contribution is -0.124. The van der Waals surface area contributed by atoms with E-state index in [9.17, 15) is 9.59 Å². The Kier molecular flexibility index (Phi) is 18.8. The molecule has 310 valence electrons. The van der Waals surface area contributed by atoms with Crippen molar-refractivity contribution < 1.29 is 9.59 Å². The van der Waals surface area contributed by atoms with E-state index in [4.69, 9.17) is 0 Å². The monoisotopic (exact) mass is 808 g/mol. The highest BCUT2D eigenvalue weighted by Gasteiger charge is 2.49. The van der Waals surface area contributed by atoms with Crippen LogP contribution in [0.1, 0.15) is 61.1 Å². The number of amides is 2. The highest BCUT2D eigenvalue weighted by Crippen LogP contribution is 2.48. The van der Waals surface area contributed by atoms with Crippen molar-refractivity contribution in [1.82, 2.24) is 51.5 Å². The Morgan fingerprint density at radius 3 is 1.21 bits per heavy atom. The van der Waals surface area contributed by atoms with E-state index in [1.165, 1.54) is 25.7 Å². The SMILES string of the molecule is O=C1C2=C(c3cccs3)N(CCCCN3CCCCNCCNCCNCC3)C(=O)C2=C(c2cccs2)N1CCCCN1CCCCNCCNCCNCC1. The average molecular weight is 809 g/mol. The Hall–Kier alpha value is -2.50. The van der Waals surface area contributed by atoms with Gasteiger partial charge in [0, 0.05) is 91.6 Å². The quantitative estimate of drug-likeness (QED) is 0.179. The summed E-state index contributed by atoms with van der Waals surface area (Å²) in [6, 6.07) is 8.19. The first kappa shape index (κ1) is 43.1. The van der Waals surface area contributed by atoms with Crippen LogP contribution < -0.4 is 31.9 Å². The van der Waals surface area contributed by atoms with E-state index in [2.05, 4.69) is 64.6 Å². The van der Waals surface area contributed by atoms with Crippen molar-refractivity contribution in [3.05, 3.63) is 55.9 Å². The predicted octanol–water partition coefficient (Wildman–Crippen LogP) is 2.91. The van der Waals surface area contributed by atoms with Crippen LogP contribution in [0.4, 0.5) is 0 Å². The van der Waals surface area contributed by atoms with Crippen LogP contribution in [-0.4, -0.2) is 162 Å². The van der Waals surface area contributed by atoms with E-state index in [0.717, 1.165) is 165 Å². The van der Waals surface area contributed by atoms with Crippen molar-refractivity contribution in [3.63, 3.8) is 0 Å². The summed E-state index contributed by atoms with van der Waals surface area (Å²) in [6.45, 7) is 19.7. The smallest absolute Gasteiger partial charge is 0.261 e. The third kappa shape index (κ3) is 12.7. The van der Waals surface area contributed by atoms with Crippen LogP contribution in [0, 0.1) is 0 Å². The minimum atomic E-state index is -0.0192. The topological polar surface area (TPSA) is 119 Å². The summed E-state index contributed by atoms with van der Waals surface area (Å²) in [5.41, 5.74) is 2.84. The molecule has 2 saturated heterocycles. The highest BCUT2D eigenvalue weighted by molar-refractivity contribution is 7.11. The lowest BCUT2D eigenvalue weighted by atomic mass is 10.1. The third-order valence-electron chi connectivity index (χ3n) is 11.2. The van der Waals surface area contributed by atoms with Gasteiger partial charge in [-0.3, -0.25) is 9.59 Å². The van der Waals surface area contributed by atoms with Gasteiger partial charge in [0.2, 0.25) is 0 Å². The number of unbranched alkanes of at least 4 members (excludes halogenated alkanes) is 2. The second-order valence-corrected chi connectivity index (χ2v) is 17.2. The molecule has 2 fully saturated rings. The Labute approximate surface area is 343 Å². The van der Waals surface area contributed by atoms with Gasteiger partial charge in [-0.15, -0.1) is 22.7 Å². The lowest BCUT2D eigenvalue weighted by Crippen LogP contribution is -2.38. The number of fused-ring (bicyclic) bond motifs is 1. The van der Waals surface area contributed by atoms with Gasteiger partial charge >= 0.3 is 0 Å². The Morgan fingerprint density at radius 1 is 0.446 bits per heavy atom. The number of carbonyl (C=O) groups is 2. The molecule has 0 unspecified atom stereocenters. The Bertz CT molecular complexity index is 1370. The van der Waals surface area contributed by atoms with Gasteiger partial charge in [0.05, 0.1) is 32.3 Å². The minimum Gasteiger partial charge on any atom is -0.315 e. The molecule has 0 saturated carbocycles. The van der Waals surface area contributed by atoms with Crippen LogP contribution in [0.2, 0.25) is 0 Å². The maximum absolute atomic E-state index is 14.6. The maximum atomic E-state index is 14.6. The number of nitrogens with zero attached hydrogens (tertiary/aromatic N) is 4. The van der Waals surface area contributed by atoms with Crippen LogP contribution in [0.3, 0.4) is 0 Å². The molecule has 6 N–H and O–H groups in total. The zero-order valence-electron chi connectivity index (χ0n) is 33.7. The number of thiophene rings is 2. The molecule has 0 spiro atoms. The van der Waals surface area contributed by atoms with Crippen LogP contribution in [0.5, 0.6) is 0 Å². The molecule has 0 bridgehead atoms. The molecule has 2 amide bonds. The van der Waals surface area contributed by atoms with Crippen LogP contribution in [-0.2, 0) is 9.59 Å². The predicted molar refractivity (Wildman–Crippen MR) is 233 cm³/mol. The van der Waals surface area contributed by atoms with E-state index in [-0.39, 0.29) is 11.8 Å². The third-order valence-corrected chi connectivity index (χ3v) is 12.9. The molecule has 4 aliphatic rings. The lowest BCUT2D eigenvalue weighted by Gasteiger charge is -2.26. The largest absolute Gasteiger partial charge is 0.315 e. The summed E-state index contributed by atoms with van der Waals surface area (Å²) in [5, 5.41) is 25.4. The average Bonchev–Trinajstić information content (AvgIpc) is 4.03. The molecular weight excluding hydrogens is 741 g/mol. The van der Waals surface area contributed by atoms with Crippen LogP contribution in [0.25, 0.3) is 11.4 Å². The fourth-order valence-corrected chi connectivity index (χ4v) is 9.72. The zero-order chi connectivity index (χ0) is 38.6. The molecule has 4 aliphatic heterocycles. The molecular formula is C42H68N10O2S2. The van der Waals surface area contributed by atoms with Gasteiger partial charge in [0.1, 0.15) is 0 Å². The second kappa shape index (κ2) is 24.4. The van der Waals surface area contributed by atoms with Crippen molar-refractivity contribution in [2.24, 2.45) is 0 Å². The molecule has 0 aromatic carbocycles. The summed E-state index contributed by atoms with van der Waals surface area (Å²) in [4.78, 5) is 40.2.